The van der Waals surface area contributed by atoms with Crippen molar-refractivity contribution in [1.82, 2.24) is 4.98 Å². The average molecular weight is 208 g/mol. The molecule has 0 bridgehead atoms. The van der Waals surface area contributed by atoms with Crippen LogP contribution in [0.2, 0.25) is 0 Å². The first-order valence-electron chi connectivity index (χ1n) is 3.53. The molecule has 0 aliphatic rings. The number of hydrogen-bond donors (Lipinski definition) is 1. The van der Waals surface area contributed by atoms with Crippen molar-refractivity contribution in [3.05, 3.63) is 6.92 Å². The average Bonchev–Trinajstić information content (AvgIpc) is 2.15. The molecule has 0 saturated carbocycles. The summed E-state index contributed by atoms with van der Waals surface area (Å²) in [7, 11) is 1.07. The van der Waals surface area contributed by atoms with Gasteiger partial charge < -0.3 is 18.0 Å². The first-order valence-corrected chi connectivity index (χ1v) is 5.26. The maximum atomic E-state index is 11.0. The number of carbonyl (C=O) groups is 1. The predicted molar refractivity (Wildman–Crippen MR) is 46.6 cm³/mol. The zero-order valence-electron chi connectivity index (χ0n) is 7.96. The standard InChI is InChI=1S/C6H14NO5Si/c1-5-12-6(8)7-13(9-2,10-3)11-4/h1,5H2,2-4H3,(H,7,8). The fourth-order valence-corrected chi connectivity index (χ4v) is 1.79. The highest BCUT2D eigenvalue weighted by atomic mass is 28.4. The molecule has 0 unspecified atom stereocenters. The van der Waals surface area contributed by atoms with Crippen molar-refractivity contribution in [1.29, 1.82) is 0 Å². The van der Waals surface area contributed by atoms with E-state index in [0.717, 1.165) is 0 Å². The van der Waals surface area contributed by atoms with E-state index in [-0.39, 0.29) is 6.61 Å². The largest absolute Gasteiger partial charge is 0.635 e. The molecule has 0 aromatic carbocycles. The van der Waals surface area contributed by atoms with Gasteiger partial charge in [-0.15, -0.1) is 0 Å². The Morgan fingerprint density at radius 2 is 1.77 bits per heavy atom. The van der Waals surface area contributed by atoms with Crippen LogP contribution in [0.4, 0.5) is 4.79 Å². The van der Waals surface area contributed by atoms with Gasteiger partial charge >= 0.3 is 15.1 Å². The zero-order chi connectivity index (χ0) is 10.3. The first kappa shape index (κ1) is 12.4. The van der Waals surface area contributed by atoms with Gasteiger partial charge in [0, 0.05) is 21.3 Å². The highest BCUT2D eigenvalue weighted by molar-refractivity contribution is 6.60. The predicted octanol–water partition coefficient (Wildman–Crippen LogP) is -0.0785. The molecule has 0 heterocycles. The number of ether oxygens (including phenoxy) is 1. The van der Waals surface area contributed by atoms with E-state index in [4.69, 9.17) is 13.3 Å². The van der Waals surface area contributed by atoms with Gasteiger partial charge in [0.1, 0.15) is 0 Å². The zero-order valence-corrected chi connectivity index (χ0v) is 8.96. The van der Waals surface area contributed by atoms with Crippen molar-refractivity contribution in [2.24, 2.45) is 0 Å². The smallest absolute Gasteiger partial charge is 0.450 e. The Morgan fingerprint density at radius 1 is 1.31 bits per heavy atom. The molecule has 6 nitrogen and oxygen atoms in total. The van der Waals surface area contributed by atoms with Crippen LogP contribution in [0.5, 0.6) is 0 Å². The van der Waals surface area contributed by atoms with Crippen molar-refractivity contribution in [3.8, 4) is 0 Å². The lowest BCUT2D eigenvalue weighted by Crippen LogP contribution is -2.59. The SMILES string of the molecule is [CH2]COC(=O)N[Si](OC)(OC)OC. The minimum atomic E-state index is -3.07. The summed E-state index contributed by atoms with van der Waals surface area (Å²) in [6, 6.07) is 0. The Morgan fingerprint density at radius 3 is 2.08 bits per heavy atom. The Bertz CT molecular complexity index is 153. The van der Waals surface area contributed by atoms with Gasteiger partial charge in [0.05, 0.1) is 6.61 Å². The molecular weight excluding hydrogens is 194 g/mol. The number of carbonyl (C=O) groups excluding carboxylic acids is 1. The van der Waals surface area contributed by atoms with Crippen molar-refractivity contribution in [3.63, 3.8) is 0 Å². The molecule has 0 fully saturated rings. The molecule has 7 heteroatoms. The molecule has 0 saturated heterocycles. The van der Waals surface area contributed by atoms with Crippen LogP contribution in [-0.4, -0.2) is 43.0 Å². The normalized spacial score (nSPS) is 11.1. The van der Waals surface area contributed by atoms with Gasteiger partial charge in [0.15, 0.2) is 0 Å². The maximum absolute atomic E-state index is 11.0. The maximum Gasteiger partial charge on any atom is 0.635 e. The third kappa shape index (κ3) is 3.72. The van der Waals surface area contributed by atoms with Crippen LogP contribution in [-0.2, 0) is 18.0 Å². The quantitative estimate of drug-likeness (QED) is 0.640. The number of hydrogen-bond acceptors (Lipinski definition) is 5. The lowest BCUT2D eigenvalue weighted by atomic mass is 10.9. The van der Waals surface area contributed by atoms with Crippen molar-refractivity contribution >= 4 is 15.1 Å². The molecule has 0 aromatic rings. The van der Waals surface area contributed by atoms with E-state index in [9.17, 15) is 4.79 Å². The topological polar surface area (TPSA) is 66.0 Å². The van der Waals surface area contributed by atoms with E-state index < -0.39 is 15.1 Å². The summed E-state index contributed by atoms with van der Waals surface area (Å²) in [6.45, 7) is 3.38. The van der Waals surface area contributed by atoms with Crippen LogP contribution < -0.4 is 4.98 Å². The molecule has 1 N–H and O–H groups in total. The second-order valence-electron chi connectivity index (χ2n) is 1.93. The van der Waals surface area contributed by atoms with Crippen LogP contribution in [0.25, 0.3) is 0 Å². The van der Waals surface area contributed by atoms with Crippen molar-refractivity contribution < 1.29 is 22.8 Å². The fraction of sp³-hybridized carbons (Fsp3) is 0.667. The Hall–Kier alpha value is -0.633. The van der Waals surface area contributed by atoms with Crippen LogP contribution in [0.3, 0.4) is 0 Å². The molecule has 0 atom stereocenters. The number of nitrogens with one attached hydrogen (secondary N) is 1. The van der Waals surface area contributed by atoms with Crippen LogP contribution >= 0.6 is 0 Å². The summed E-state index contributed by atoms with van der Waals surface area (Å²) < 4.78 is 19.3. The molecule has 77 valence electrons. The molecule has 0 aliphatic carbocycles. The van der Waals surface area contributed by atoms with Gasteiger partial charge in [-0.25, -0.2) is 4.79 Å². The minimum Gasteiger partial charge on any atom is -0.450 e. The van der Waals surface area contributed by atoms with E-state index in [1.54, 1.807) is 0 Å². The molecule has 1 radical (unpaired) electrons. The lowest BCUT2D eigenvalue weighted by Gasteiger charge is -2.23. The Balaban J connectivity index is 4.16. The van der Waals surface area contributed by atoms with Gasteiger partial charge in [-0.2, -0.15) is 0 Å². The Labute approximate surface area is 78.6 Å². The van der Waals surface area contributed by atoms with E-state index in [1.807, 2.05) is 0 Å². The summed E-state index contributed by atoms with van der Waals surface area (Å²) in [5, 5.41) is 0. The Kier molecular flexibility index (Phi) is 5.63. The molecule has 13 heavy (non-hydrogen) atoms. The number of rotatable bonds is 5. The summed E-state index contributed by atoms with van der Waals surface area (Å²) >= 11 is 0. The molecule has 1 amide bonds. The van der Waals surface area contributed by atoms with Gasteiger partial charge in [-0.1, -0.05) is 0 Å². The third-order valence-corrected chi connectivity index (χ3v) is 3.42. The van der Waals surface area contributed by atoms with E-state index in [1.165, 1.54) is 21.3 Å². The number of amides is 1. The van der Waals surface area contributed by atoms with Crippen molar-refractivity contribution in [2.75, 3.05) is 27.9 Å². The van der Waals surface area contributed by atoms with Crippen molar-refractivity contribution in [2.45, 2.75) is 0 Å². The molecule has 0 rings (SSSR count). The van der Waals surface area contributed by atoms with E-state index in [2.05, 4.69) is 16.6 Å². The van der Waals surface area contributed by atoms with Crippen LogP contribution in [0.15, 0.2) is 0 Å². The van der Waals surface area contributed by atoms with Crippen LogP contribution in [0, 0.1) is 6.92 Å². The molecule has 0 aromatic heterocycles. The highest BCUT2D eigenvalue weighted by Crippen LogP contribution is 2.01. The summed E-state index contributed by atoms with van der Waals surface area (Å²) in [4.78, 5) is 13.3. The second-order valence-corrected chi connectivity index (χ2v) is 4.52. The van der Waals surface area contributed by atoms with Gasteiger partial charge in [0.25, 0.3) is 0 Å². The fourth-order valence-electron chi connectivity index (χ4n) is 0.657. The van der Waals surface area contributed by atoms with Gasteiger partial charge in [-0.05, 0) is 6.92 Å². The lowest BCUT2D eigenvalue weighted by molar-refractivity contribution is 0.100. The van der Waals surface area contributed by atoms with Gasteiger partial charge in [-0.3, -0.25) is 4.98 Å². The monoisotopic (exact) mass is 208 g/mol. The summed E-state index contributed by atoms with van der Waals surface area (Å²) in [6.07, 6.45) is -0.674. The second kappa shape index (κ2) is 5.92. The summed E-state index contributed by atoms with van der Waals surface area (Å²) in [5.41, 5.74) is 0. The molecule has 0 aliphatic heterocycles. The van der Waals surface area contributed by atoms with E-state index >= 15 is 0 Å². The third-order valence-electron chi connectivity index (χ3n) is 1.29. The van der Waals surface area contributed by atoms with Gasteiger partial charge in [0.2, 0.25) is 0 Å². The van der Waals surface area contributed by atoms with Crippen LogP contribution in [0.1, 0.15) is 0 Å². The molecule has 0 spiro atoms. The highest BCUT2D eigenvalue weighted by Gasteiger charge is 2.42. The minimum absolute atomic E-state index is 0.0352. The van der Waals surface area contributed by atoms with E-state index in [0.29, 0.717) is 0 Å². The summed E-state index contributed by atoms with van der Waals surface area (Å²) in [5.74, 6) is 0. The molecular formula is C6H14NO5Si. The first-order chi connectivity index (χ1) is 6.14.